The van der Waals surface area contributed by atoms with Gasteiger partial charge in [-0.15, -0.1) is 0 Å². The van der Waals surface area contributed by atoms with Gasteiger partial charge in [0.05, 0.1) is 12.1 Å². The van der Waals surface area contributed by atoms with E-state index in [1.165, 1.54) is 5.56 Å². The molecule has 0 bridgehead atoms. The molecule has 6 nitrogen and oxygen atoms in total. The van der Waals surface area contributed by atoms with Crippen LogP contribution >= 0.6 is 0 Å². The van der Waals surface area contributed by atoms with Gasteiger partial charge in [-0.05, 0) is 57.5 Å². The summed E-state index contributed by atoms with van der Waals surface area (Å²) in [7, 11) is 7.79. The van der Waals surface area contributed by atoms with Crippen LogP contribution in [0.5, 0.6) is 0 Å². The minimum absolute atomic E-state index is 0.0415. The smallest absolute Gasteiger partial charge is 0.325 e. The summed E-state index contributed by atoms with van der Waals surface area (Å²) in [5, 5.41) is 0. The Labute approximate surface area is 191 Å². The lowest BCUT2D eigenvalue weighted by molar-refractivity contribution is -0.130. The fraction of sp³-hybridized carbons (Fsp3) is 0.462. The number of anilines is 1. The molecule has 1 heterocycles. The van der Waals surface area contributed by atoms with E-state index >= 15 is 0 Å². The van der Waals surface area contributed by atoms with Crippen molar-refractivity contribution < 1.29 is 9.59 Å². The quantitative estimate of drug-likeness (QED) is 0.719. The Balaban J connectivity index is 1.66. The first-order chi connectivity index (χ1) is 15.3. The topological polar surface area (TPSA) is 47.1 Å². The van der Waals surface area contributed by atoms with Crippen molar-refractivity contribution in [2.75, 3.05) is 46.2 Å². The third-order valence-electron chi connectivity index (χ3n) is 7.52. The molecule has 2 aliphatic rings. The molecule has 0 aromatic heterocycles. The van der Waals surface area contributed by atoms with Crippen molar-refractivity contribution in [2.45, 2.75) is 36.8 Å². The van der Waals surface area contributed by atoms with Crippen LogP contribution in [0.4, 0.5) is 10.5 Å². The SMILES string of the molecule is CN(C)C(=O)CN1C(=O)N(c2ccccc2)CC12CCC(c1ccccc1)(N(C)C)CC2. The Kier molecular flexibility index (Phi) is 5.99. The molecule has 1 saturated carbocycles. The monoisotopic (exact) mass is 434 g/mol. The van der Waals surface area contributed by atoms with E-state index in [4.69, 9.17) is 0 Å². The van der Waals surface area contributed by atoms with Gasteiger partial charge in [-0.2, -0.15) is 0 Å². The second-order valence-electron chi connectivity index (χ2n) is 9.59. The van der Waals surface area contributed by atoms with E-state index in [-0.39, 0.29) is 29.6 Å². The van der Waals surface area contributed by atoms with Crippen molar-refractivity contribution >= 4 is 17.6 Å². The van der Waals surface area contributed by atoms with Crippen molar-refractivity contribution in [2.24, 2.45) is 0 Å². The zero-order chi connectivity index (χ0) is 22.9. The minimum Gasteiger partial charge on any atom is -0.347 e. The van der Waals surface area contributed by atoms with Gasteiger partial charge >= 0.3 is 6.03 Å². The molecule has 1 aliphatic carbocycles. The summed E-state index contributed by atoms with van der Waals surface area (Å²) < 4.78 is 0. The highest BCUT2D eigenvalue weighted by Gasteiger charge is 2.55. The maximum absolute atomic E-state index is 13.6. The highest BCUT2D eigenvalue weighted by atomic mass is 16.2. The van der Waals surface area contributed by atoms with Crippen molar-refractivity contribution in [1.29, 1.82) is 0 Å². The van der Waals surface area contributed by atoms with E-state index in [2.05, 4.69) is 49.3 Å². The number of carbonyl (C=O) groups excluding carboxylic acids is 2. The molecule has 170 valence electrons. The fourth-order valence-electron chi connectivity index (χ4n) is 5.42. The van der Waals surface area contributed by atoms with Crippen molar-refractivity contribution in [3.05, 3.63) is 66.2 Å². The number of hydrogen-bond acceptors (Lipinski definition) is 3. The first-order valence-corrected chi connectivity index (χ1v) is 11.4. The number of nitrogens with zero attached hydrogens (tertiary/aromatic N) is 4. The molecule has 0 atom stereocenters. The Hall–Kier alpha value is -2.86. The number of para-hydroxylation sites is 1. The zero-order valence-electron chi connectivity index (χ0n) is 19.6. The van der Waals surface area contributed by atoms with Crippen LogP contribution in [0, 0.1) is 0 Å². The van der Waals surface area contributed by atoms with Gasteiger partial charge in [0.15, 0.2) is 0 Å². The van der Waals surface area contributed by atoms with E-state index in [1.54, 1.807) is 19.0 Å². The molecule has 1 saturated heterocycles. The molecule has 0 N–H and O–H groups in total. The van der Waals surface area contributed by atoms with Gasteiger partial charge in [0.25, 0.3) is 0 Å². The summed E-state index contributed by atoms with van der Waals surface area (Å²) in [6.07, 6.45) is 3.59. The number of hydrogen-bond donors (Lipinski definition) is 0. The van der Waals surface area contributed by atoms with Gasteiger partial charge in [-0.25, -0.2) is 4.79 Å². The third kappa shape index (κ3) is 3.77. The molecule has 2 aromatic carbocycles. The van der Waals surface area contributed by atoms with Crippen LogP contribution in [0.1, 0.15) is 31.2 Å². The van der Waals surface area contributed by atoms with Crippen LogP contribution < -0.4 is 4.90 Å². The summed E-state index contributed by atoms with van der Waals surface area (Å²) in [6.45, 7) is 0.740. The Bertz CT molecular complexity index is 950. The van der Waals surface area contributed by atoms with Crippen LogP contribution in [0.2, 0.25) is 0 Å². The molecular formula is C26H34N4O2. The lowest BCUT2D eigenvalue weighted by Crippen LogP contribution is -2.57. The maximum Gasteiger partial charge on any atom is 0.325 e. The second kappa shape index (κ2) is 8.58. The highest BCUT2D eigenvalue weighted by Crippen LogP contribution is 2.49. The van der Waals surface area contributed by atoms with Crippen LogP contribution in [-0.4, -0.2) is 73.5 Å². The number of urea groups is 1. The summed E-state index contributed by atoms with van der Waals surface area (Å²) >= 11 is 0. The summed E-state index contributed by atoms with van der Waals surface area (Å²) in [6, 6.07) is 20.4. The zero-order valence-corrected chi connectivity index (χ0v) is 19.6. The van der Waals surface area contributed by atoms with Crippen molar-refractivity contribution in [3.8, 4) is 0 Å². The third-order valence-corrected chi connectivity index (χ3v) is 7.52. The molecule has 3 amide bonds. The van der Waals surface area contributed by atoms with Gasteiger partial charge in [0.2, 0.25) is 5.91 Å². The molecule has 2 fully saturated rings. The standard InChI is InChI=1S/C26H34N4O2/c1-27(2)23(31)19-30-24(32)29(22-13-9-6-10-14-22)20-25(30)15-17-26(18-16-25,28(3)4)21-11-7-5-8-12-21/h5-14H,15-20H2,1-4H3. The Morgan fingerprint density at radius 1 is 0.875 bits per heavy atom. The normalized spacial score (nSPS) is 25.6. The van der Waals surface area contributed by atoms with Gasteiger partial charge in [-0.3, -0.25) is 14.6 Å². The lowest BCUT2D eigenvalue weighted by Gasteiger charge is -2.51. The molecule has 32 heavy (non-hydrogen) atoms. The van der Waals surface area contributed by atoms with E-state index < -0.39 is 0 Å². The van der Waals surface area contributed by atoms with Crippen LogP contribution in [-0.2, 0) is 10.3 Å². The van der Waals surface area contributed by atoms with Gasteiger partial charge < -0.3 is 9.80 Å². The van der Waals surface area contributed by atoms with E-state index in [0.717, 1.165) is 31.4 Å². The average molecular weight is 435 g/mol. The van der Waals surface area contributed by atoms with Crippen LogP contribution in [0.25, 0.3) is 0 Å². The molecule has 0 radical (unpaired) electrons. The van der Waals surface area contributed by atoms with Gasteiger partial charge in [-0.1, -0.05) is 48.5 Å². The molecule has 1 spiro atoms. The molecule has 6 heteroatoms. The predicted octanol–water partition coefficient (Wildman–Crippen LogP) is 3.79. The summed E-state index contributed by atoms with van der Waals surface area (Å²) in [5.74, 6) is -0.0415. The number of benzene rings is 2. The summed E-state index contributed by atoms with van der Waals surface area (Å²) in [4.78, 5) is 33.9. The number of rotatable bonds is 5. The Morgan fingerprint density at radius 3 is 1.97 bits per heavy atom. The molecule has 2 aromatic rings. The van der Waals surface area contributed by atoms with Crippen LogP contribution in [0.3, 0.4) is 0 Å². The van der Waals surface area contributed by atoms with Crippen LogP contribution in [0.15, 0.2) is 60.7 Å². The maximum atomic E-state index is 13.6. The second-order valence-corrected chi connectivity index (χ2v) is 9.59. The highest BCUT2D eigenvalue weighted by molar-refractivity contribution is 5.97. The number of carbonyl (C=O) groups is 2. The van der Waals surface area contributed by atoms with Gasteiger partial charge in [0.1, 0.15) is 6.54 Å². The minimum atomic E-state index is -0.340. The number of likely N-dealkylation sites (N-methyl/N-ethyl adjacent to an activating group) is 1. The average Bonchev–Trinajstić information content (AvgIpc) is 3.07. The fourth-order valence-corrected chi connectivity index (χ4v) is 5.42. The molecular weight excluding hydrogens is 400 g/mol. The lowest BCUT2D eigenvalue weighted by atomic mass is 9.68. The summed E-state index contributed by atoms with van der Waals surface area (Å²) in [5.41, 5.74) is 1.81. The first-order valence-electron chi connectivity index (χ1n) is 11.4. The largest absolute Gasteiger partial charge is 0.347 e. The first kappa shape index (κ1) is 22.3. The predicted molar refractivity (Wildman–Crippen MR) is 128 cm³/mol. The molecule has 4 rings (SSSR count). The molecule has 0 unspecified atom stereocenters. The van der Waals surface area contributed by atoms with Crippen molar-refractivity contribution in [3.63, 3.8) is 0 Å². The van der Waals surface area contributed by atoms with Crippen molar-refractivity contribution in [1.82, 2.24) is 14.7 Å². The van der Waals surface area contributed by atoms with E-state index in [1.807, 2.05) is 40.1 Å². The van der Waals surface area contributed by atoms with E-state index in [9.17, 15) is 9.59 Å². The van der Waals surface area contributed by atoms with Gasteiger partial charge in [0, 0.05) is 25.3 Å². The molecule has 1 aliphatic heterocycles. The number of amides is 3. The van der Waals surface area contributed by atoms with E-state index in [0.29, 0.717) is 6.54 Å². The Morgan fingerprint density at radius 2 is 1.44 bits per heavy atom.